The summed E-state index contributed by atoms with van der Waals surface area (Å²) in [6.45, 7) is 3.32. The van der Waals surface area contributed by atoms with Gasteiger partial charge in [-0.2, -0.15) is 0 Å². The molecule has 1 N–H and O–H groups in total. The van der Waals surface area contributed by atoms with Gasteiger partial charge >= 0.3 is 0 Å². The van der Waals surface area contributed by atoms with E-state index in [4.69, 9.17) is 27.9 Å². The number of halogens is 2. The largest absolute Gasteiger partial charge is 0.546 e. The Morgan fingerprint density at radius 3 is 2.62 bits per heavy atom. The van der Waals surface area contributed by atoms with Crippen molar-refractivity contribution >= 4 is 50.6 Å². The third-order valence-electron chi connectivity index (χ3n) is 2.99. The van der Waals surface area contributed by atoms with Crippen molar-refractivity contribution in [3.8, 4) is 5.75 Å². The van der Waals surface area contributed by atoms with Gasteiger partial charge in [0.1, 0.15) is 16.9 Å². The molecule has 0 fully saturated rings. The SMILES string of the molecule is CCC(Oc1cc2cc(C(C)O)sc2c(Cl)c1Cl)C(=O)[O-]. The van der Waals surface area contributed by atoms with E-state index >= 15 is 0 Å². The summed E-state index contributed by atoms with van der Waals surface area (Å²) in [4.78, 5) is 11.7. The molecular weight excluding hydrogens is 335 g/mol. The second-order valence-corrected chi connectivity index (χ2v) is 6.42. The van der Waals surface area contributed by atoms with Crippen LogP contribution >= 0.6 is 34.5 Å². The van der Waals surface area contributed by atoms with Gasteiger partial charge in [-0.3, -0.25) is 0 Å². The highest BCUT2D eigenvalue weighted by molar-refractivity contribution is 7.19. The van der Waals surface area contributed by atoms with Crippen molar-refractivity contribution in [2.24, 2.45) is 0 Å². The van der Waals surface area contributed by atoms with Gasteiger partial charge in [-0.25, -0.2) is 0 Å². The number of fused-ring (bicyclic) bond motifs is 1. The summed E-state index contributed by atoms with van der Waals surface area (Å²) >= 11 is 13.7. The Bertz CT molecular complexity index is 681. The summed E-state index contributed by atoms with van der Waals surface area (Å²) in [5.74, 6) is -1.11. The normalized spacial score (nSPS) is 14.1. The monoisotopic (exact) mass is 347 g/mol. The topological polar surface area (TPSA) is 69.6 Å². The van der Waals surface area contributed by atoms with Crippen LogP contribution < -0.4 is 9.84 Å². The first-order chi connectivity index (χ1) is 9.85. The van der Waals surface area contributed by atoms with Crippen LogP contribution in [0.5, 0.6) is 5.75 Å². The lowest BCUT2D eigenvalue weighted by Gasteiger charge is -2.19. The van der Waals surface area contributed by atoms with Crippen molar-refractivity contribution in [1.82, 2.24) is 0 Å². The van der Waals surface area contributed by atoms with Crippen LogP contribution in [0.15, 0.2) is 12.1 Å². The van der Waals surface area contributed by atoms with Gasteiger partial charge in [0.05, 0.1) is 21.8 Å². The van der Waals surface area contributed by atoms with E-state index in [-0.39, 0.29) is 22.2 Å². The highest BCUT2D eigenvalue weighted by Crippen LogP contribution is 2.43. The fraction of sp³-hybridized carbons (Fsp3) is 0.357. The quantitative estimate of drug-likeness (QED) is 0.901. The third kappa shape index (κ3) is 3.26. The van der Waals surface area contributed by atoms with Crippen LogP contribution in [0.2, 0.25) is 10.0 Å². The van der Waals surface area contributed by atoms with E-state index in [1.807, 2.05) is 0 Å². The molecule has 0 aliphatic heterocycles. The fourth-order valence-electron chi connectivity index (χ4n) is 1.86. The lowest BCUT2D eigenvalue weighted by atomic mass is 10.2. The van der Waals surface area contributed by atoms with Gasteiger partial charge in [0.2, 0.25) is 0 Å². The second-order valence-electron chi connectivity index (χ2n) is 4.58. The Morgan fingerprint density at radius 2 is 2.10 bits per heavy atom. The summed E-state index contributed by atoms with van der Waals surface area (Å²) in [5, 5.41) is 21.8. The molecule has 7 heteroatoms. The average Bonchev–Trinajstić information content (AvgIpc) is 2.85. The van der Waals surface area contributed by atoms with Crippen molar-refractivity contribution in [1.29, 1.82) is 0 Å². The molecule has 0 amide bonds. The number of aliphatic hydroxyl groups excluding tert-OH is 1. The zero-order valence-electron chi connectivity index (χ0n) is 11.4. The van der Waals surface area contributed by atoms with Gasteiger partial charge in [0.15, 0.2) is 0 Å². The molecule has 1 aromatic heterocycles. The van der Waals surface area contributed by atoms with Crippen molar-refractivity contribution in [3.63, 3.8) is 0 Å². The van der Waals surface area contributed by atoms with Crippen LogP contribution in [-0.4, -0.2) is 17.2 Å². The van der Waals surface area contributed by atoms with Crippen LogP contribution in [0.25, 0.3) is 10.1 Å². The number of carboxylic acid groups (broad SMARTS) is 1. The molecule has 114 valence electrons. The number of carbonyl (C=O) groups excluding carboxylic acids is 1. The number of ether oxygens (including phenoxy) is 1. The van der Waals surface area contributed by atoms with E-state index in [1.54, 1.807) is 26.0 Å². The number of aliphatic hydroxyl groups is 1. The zero-order chi connectivity index (χ0) is 15.7. The maximum Gasteiger partial charge on any atom is 0.141 e. The van der Waals surface area contributed by atoms with Crippen LogP contribution in [0.3, 0.4) is 0 Å². The first-order valence-electron chi connectivity index (χ1n) is 6.32. The Kier molecular flexibility index (Phi) is 4.99. The molecule has 2 atom stereocenters. The van der Waals surface area contributed by atoms with Crippen LogP contribution in [0.4, 0.5) is 0 Å². The van der Waals surface area contributed by atoms with Gasteiger partial charge in [-0.15, -0.1) is 11.3 Å². The van der Waals surface area contributed by atoms with Gasteiger partial charge in [-0.05, 0) is 30.9 Å². The Balaban J connectivity index is 2.50. The van der Waals surface area contributed by atoms with E-state index in [0.717, 1.165) is 15.0 Å². The van der Waals surface area contributed by atoms with E-state index in [9.17, 15) is 15.0 Å². The molecule has 2 aromatic rings. The number of aliphatic carboxylic acids is 1. The maximum atomic E-state index is 10.9. The molecule has 0 aliphatic rings. The minimum Gasteiger partial charge on any atom is -0.546 e. The lowest BCUT2D eigenvalue weighted by Crippen LogP contribution is -2.39. The summed E-state index contributed by atoms with van der Waals surface area (Å²) in [5.41, 5.74) is 0. The number of hydrogen-bond acceptors (Lipinski definition) is 5. The van der Waals surface area contributed by atoms with Crippen molar-refractivity contribution in [2.75, 3.05) is 0 Å². The highest BCUT2D eigenvalue weighted by Gasteiger charge is 2.18. The summed E-state index contributed by atoms with van der Waals surface area (Å²) in [7, 11) is 0. The fourth-order valence-corrected chi connectivity index (χ4v) is 3.45. The molecule has 0 bridgehead atoms. The lowest BCUT2D eigenvalue weighted by molar-refractivity contribution is -0.313. The van der Waals surface area contributed by atoms with Gasteiger partial charge in [0.25, 0.3) is 0 Å². The first kappa shape index (κ1) is 16.4. The number of thiophene rings is 1. The van der Waals surface area contributed by atoms with E-state index in [0.29, 0.717) is 0 Å². The van der Waals surface area contributed by atoms with Gasteiger partial charge in [0, 0.05) is 4.88 Å². The molecule has 0 saturated heterocycles. The van der Waals surface area contributed by atoms with Crippen LogP contribution in [-0.2, 0) is 4.79 Å². The minimum absolute atomic E-state index is 0.155. The molecule has 2 unspecified atom stereocenters. The first-order valence-corrected chi connectivity index (χ1v) is 7.89. The molecular formula is C14H13Cl2O4S-. The molecule has 1 heterocycles. The number of carboxylic acids is 1. The molecule has 0 spiro atoms. The second kappa shape index (κ2) is 6.40. The third-order valence-corrected chi connectivity index (χ3v) is 5.29. The average molecular weight is 348 g/mol. The van der Waals surface area contributed by atoms with Gasteiger partial charge in [-0.1, -0.05) is 30.1 Å². The van der Waals surface area contributed by atoms with E-state index < -0.39 is 18.2 Å². The Labute approximate surface area is 135 Å². The highest BCUT2D eigenvalue weighted by atomic mass is 35.5. The molecule has 4 nitrogen and oxygen atoms in total. The predicted molar refractivity (Wildman–Crippen MR) is 82.2 cm³/mol. The maximum absolute atomic E-state index is 10.9. The van der Waals surface area contributed by atoms with E-state index in [1.165, 1.54) is 11.3 Å². The minimum atomic E-state index is -1.31. The Morgan fingerprint density at radius 1 is 1.43 bits per heavy atom. The molecule has 0 radical (unpaired) electrons. The van der Waals surface area contributed by atoms with Gasteiger partial charge < -0.3 is 19.7 Å². The molecule has 0 saturated carbocycles. The Hall–Kier alpha value is -1.01. The number of carbonyl (C=O) groups is 1. The van der Waals surface area contributed by atoms with E-state index in [2.05, 4.69) is 0 Å². The standard InChI is InChI=1S/C14H14Cl2O4S/c1-3-8(14(18)19)20-9-4-7-5-10(6(2)17)21-13(7)12(16)11(9)15/h4-6,8,17H,3H2,1-2H3,(H,18,19)/p-1. The smallest absolute Gasteiger partial charge is 0.141 e. The zero-order valence-corrected chi connectivity index (χ0v) is 13.7. The van der Waals surface area contributed by atoms with Crippen LogP contribution in [0, 0.1) is 0 Å². The number of hydrogen-bond donors (Lipinski definition) is 1. The number of benzene rings is 1. The van der Waals surface area contributed by atoms with Crippen molar-refractivity contribution in [3.05, 3.63) is 27.1 Å². The summed E-state index contributed by atoms with van der Waals surface area (Å²) in [6.07, 6.45) is -1.46. The molecule has 2 rings (SSSR count). The number of rotatable bonds is 5. The molecule has 1 aromatic carbocycles. The van der Waals surface area contributed by atoms with Crippen molar-refractivity contribution < 1.29 is 19.7 Å². The van der Waals surface area contributed by atoms with Crippen molar-refractivity contribution in [2.45, 2.75) is 32.5 Å². The molecule has 21 heavy (non-hydrogen) atoms. The summed E-state index contributed by atoms with van der Waals surface area (Å²) in [6, 6.07) is 3.40. The molecule has 0 aliphatic carbocycles. The van der Waals surface area contributed by atoms with Crippen LogP contribution in [0.1, 0.15) is 31.2 Å². The summed E-state index contributed by atoms with van der Waals surface area (Å²) < 4.78 is 6.11. The predicted octanol–water partition coefficient (Wildman–Crippen LogP) is 3.17.